The van der Waals surface area contributed by atoms with Crippen molar-refractivity contribution in [2.45, 2.75) is 24.7 Å². The Bertz CT molecular complexity index is 696. The number of halogens is 3. The lowest BCUT2D eigenvalue weighted by molar-refractivity contribution is -0.302. The van der Waals surface area contributed by atoms with Gasteiger partial charge in [-0.3, -0.25) is 4.79 Å². The van der Waals surface area contributed by atoms with Gasteiger partial charge in [0, 0.05) is 5.56 Å². The third kappa shape index (κ3) is 2.98. The summed E-state index contributed by atoms with van der Waals surface area (Å²) in [6, 6.07) is 7.50. The van der Waals surface area contributed by atoms with Crippen LogP contribution in [0, 0.1) is 11.3 Å². The number of benzene rings is 1. The van der Waals surface area contributed by atoms with Crippen LogP contribution >= 0.6 is 0 Å². The van der Waals surface area contributed by atoms with Gasteiger partial charge in [0.1, 0.15) is 12.2 Å². The fourth-order valence-electron chi connectivity index (χ4n) is 2.13. The molecule has 1 heterocycles. The van der Waals surface area contributed by atoms with Crippen LogP contribution in [0.3, 0.4) is 0 Å². The zero-order valence-corrected chi connectivity index (χ0v) is 12.0. The summed E-state index contributed by atoms with van der Waals surface area (Å²) in [5.74, 6) is -0.840. The number of amides is 1. The minimum atomic E-state index is -5.12. The topological polar surface area (TPSA) is 85.9 Å². The first-order chi connectivity index (χ1) is 10.7. The highest BCUT2D eigenvalue weighted by Crippen LogP contribution is 2.41. The van der Waals surface area contributed by atoms with Crippen molar-refractivity contribution in [3.8, 4) is 11.8 Å². The van der Waals surface area contributed by atoms with Crippen LogP contribution in [0.4, 0.5) is 13.2 Å². The molecule has 6 nitrogen and oxygen atoms in total. The molecule has 9 heteroatoms. The lowest BCUT2D eigenvalue weighted by atomic mass is 10.0. The number of nitriles is 1. The van der Waals surface area contributed by atoms with E-state index < -0.39 is 30.7 Å². The number of rotatable bonds is 3. The molecule has 1 N–H and O–H groups in total. The third-order valence-electron chi connectivity index (χ3n) is 3.31. The van der Waals surface area contributed by atoms with Gasteiger partial charge in [0.2, 0.25) is 0 Å². The maximum absolute atomic E-state index is 13.2. The molecule has 122 valence electrons. The van der Waals surface area contributed by atoms with Crippen molar-refractivity contribution >= 4 is 11.6 Å². The average molecular weight is 327 g/mol. The number of aliphatic hydroxyl groups is 1. The van der Waals surface area contributed by atoms with Crippen LogP contribution in [0.2, 0.25) is 0 Å². The first-order valence-corrected chi connectivity index (χ1v) is 6.44. The molecule has 0 saturated carbocycles. The van der Waals surface area contributed by atoms with E-state index in [0.29, 0.717) is 5.75 Å². The van der Waals surface area contributed by atoms with Crippen LogP contribution in [0.25, 0.3) is 0 Å². The SMILES string of the molecule is COc1cccc(C2=NN(C(=O)CC#N)[C@](O)(C(F)(F)F)C2)c1. The standard InChI is InChI=1S/C14H12F3N3O3/c1-23-10-4-2-3-9(7-10)11-8-13(22,14(15,16)17)20(19-11)12(21)5-6-18/h2-4,7,22H,5,8H2,1H3/t13-/m1/s1. The van der Waals surface area contributed by atoms with Gasteiger partial charge in [-0.1, -0.05) is 12.1 Å². The van der Waals surface area contributed by atoms with Crippen LogP contribution in [-0.4, -0.2) is 40.7 Å². The van der Waals surface area contributed by atoms with Gasteiger partial charge in [0.15, 0.2) is 0 Å². The summed E-state index contributed by atoms with van der Waals surface area (Å²) in [5.41, 5.74) is -3.33. The van der Waals surface area contributed by atoms with Crippen molar-refractivity contribution in [1.82, 2.24) is 5.01 Å². The van der Waals surface area contributed by atoms with E-state index in [2.05, 4.69) is 5.10 Å². The van der Waals surface area contributed by atoms with E-state index >= 15 is 0 Å². The molecule has 0 unspecified atom stereocenters. The van der Waals surface area contributed by atoms with E-state index in [1.807, 2.05) is 0 Å². The molecule has 0 aromatic heterocycles. The first-order valence-electron chi connectivity index (χ1n) is 6.44. The Hall–Kier alpha value is -2.60. The molecule has 0 fully saturated rings. The van der Waals surface area contributed by atoms with Gasteiger partial charge in [0.05, 0.1) is 25.3 Å². The Morgan fingerprint density at radius 2 is 2.26 bits per heavy atom. The van der Waals surface area contributed by atoms with Gasteiger partial charge in [0.25, 0.3) is 11.6 Å². The van der Waals surface area contributed by atoms with Gasteiger partial charge < -0.3 is 9.84 Å². The number of alkyl halides is 3. The van der Waals surface area contributed by atoms with E-state index in [4.69, 9.17) is 10.00 Å². The molecular weight excluding hydrogens is 315 g/mol. The summed E-state index contributed by atoms with van der Waals surface area (Å²) in [4.78, 5) is 11.7. The number of nitrogens with zero attached hydrogens (tertiary/aromatic N) is 3. The summed E-state index contributed by atoms with van der Waals surface area (Å²) in [6.07, 6.45) is -6.88. The Kier molecular flexibility index (Phi) is 4.29. The maximum Gasteiger partial charge on any atom is 0.438 e. The zero-order valence-electron chi connectivity index (χ0n) is 12.0. The summed E-state index contributed by atoms with van der Waals surface area (Å²) >= 11 is 0. The summed E-state index contributed by atoms with van der Waals surface area (Å²) in [7, 11) is 1.39. The number of ether oxygens (including phenoxy) is 1. The summed E-state index contributed by atoms with van der Waals surface area (Å²) < 4.78 is 44.6. The largest absolute Gasteiger partial charge is 0.497 e. The molecule has 0 radical (unpaired) electrons. The lowest BCUT2D eigenvalue weighted by Crippen LogP contribution is -2.56. The van der Waals surface area contributed by atoms with Crippen molar-refractivity contribution in [3.63, 3.8) is 0 Å². The van der Waals surface area contributed by atoms with Gasteiger partial charge in [-0.25, -0.2) is 0 Å². The van der Waals surface area contributed by atoms with Crippen molar-refractivity contribution in [2.24, 2.45) is 5.10 Å². The molecule has 1 aromatic carbocycles. The second kappa shape index (κ2) is 5.89. The predicted molar refractivity (Wildman–Crippen MR) is 72.2 cm³/mol. The molecule has 0 spiro atoms. The van der Waals surface area contributed by atoms with Gasteiger partial charge in [-0.2, -0.15) is 28.5 Å². The van der Waals surface area contributed by atoms with Crippen molar-refractivity contribution in [3.05, 3.63) is 29.8 Å². The number of carbonyl (C=O) groups is 1. The highest BCUT2D eigenvalue weighted by molar-refractivity contribution is 6.03. The number of hydrazone groups is 1. The van der Waals surface area contributed by atoms with Crippen molar-refractivity contribution in [1.29, 1.82) is 5.26 Å². The molecule has 1 atom stereocenters. The molecular formula is C14H12F3N3O3. The Balaban J connectivity index is 2.45. The summed E-state index contributed by atoms with van der Waals surface area (Å²) in [5, 5.41) is 22.0. The fraction of sp³-hybridized carbons (Fsp3) is 0.357. The Morgan fingerprint density at radius 1 is 1.57 bits per heavy atom. The zero-order chi connectivity index (χ0) is 17.3. The lowest BCUT2D eigenvalue weighted by Gasteiger charge is -2.32. The van der Waals surface area contributed by atoms with Crippen LogP contribution in [-0.2, 0) is 4.79 Å². The second-order valence-electron chi connectivity index (χ2n) is 4.81. The normalized spacial score (nSPS) is 20.9. The predicted octanol–water partition coefficient (Wildman–Crippen LogP) is 1.80. The Labute approximate surface area is 129 Å². The van der Waals surface area contributed by atoms with Crippen LogP contribution < -0.4 is 4.74 Å². The molecule has 1 aliphatic heterocycles. The van der Waals surface area contributed by atoms with E-state index in [1.54, 1.807) is 12.1 Å². The quantitative estimate of drug-likeness (QED) is 0.917. The minimum absolute atomic E-state index is 0.0645. The molecule has 0 saturated heterocycles. The average Bonchev–Trinajstić information content (AvgIpc) is 2.87. The van der Waals surface area contributed by atoms with Crippen molar-refractivity contribution in [2.75, 3.05) is 7.11 Å². The minimum Gasteiger partial charge on any atom is -0.497 e. The van der Waals surface area contributed by atoms with Crippen LogP contribution in [0.5, 0.6) is 5.75 Å². The molecule has 1 amide bonds. The molecule has 1 aromatic rings. The van der Waals surface area contributed by atoms with E-state index in [0.717, 1.165) is 0 Å². The fourth-order valence-corrected chi connectivity index (χ4v) is 2.13. The van der Waals surface area contributed by atoms with Crippen LogP contribution in [0.15, 0.2) is 29.4 Å². The second-order valence-corrected chi connectivity index (χ2v) is 4.81. The molecule has 1 aliphatic rings. The first kappa shape index (κ1) is 16.8. The molecule has 0 bridgehead atoms. The number of carbonyl (C=O) groups excluding carboxylic acids is 1. The van der Waals surface area contributed by atoms with E-state index in [9.17, 15) is 23.1 Å². The highest BCUT2D eigenvalue weighted by atomic mass is 19.4. The van der Waals surface area contributed by atoms with Gasteiger partial charge >= 0.3 is 6.18 Å². The van der Waals surface area contributed by atoms with Crippen LogP contribution in [0.1, 0.15) is 18.4 Å². The number of methoxy groups -OCH3 is 1. The van der Waals surface area contributed by atoms with E-state index in [-0.39, 0.29) is 16.3 Å². The third-order valence-corrected chi connectivity index (χ3v) is 3.31. The Morgan fingerprint density at radius 3 is 2.83 bits per heavy atom. The van der Waals surface area contributed by atoms with Gasteiger partial charge in [-0.05, 0) is 12.1 Å². The molecule has 0 aliphatic carbocycles. The highest BCUT2D eigenvalue weighted by Gasteiger charge is 2.63. The molecule has 23 heavy (non-hydrogen) atoms. The number of hydrogen-bond donors (Lipinski definition) is 1. The van der Waals surface area contributed by atoms with Gasteiger partial charge in [-0.15, -0.1) is 0 Å². The van der Waals surface area contributed by atoms with E-state index in [1.165, 1.54) is 25.3 Å². The smallest absolute Gasteiger partial charge is 0.438 e. The summed E-state index contributed by atoms with van der Waals surface area (Å²) in [6.45, 7) is 0. The molecule has 2 rings (SSSR count). The monoisotopic (exact) mass is 327 g/mol. The van der Waals surface area contributed by atoms with Crippen molar-refractivity contribution < 1.29 is 27.8 Å². The number of hydrogen-bond acceptors (Lipinski definition) is 5. The maximum atomic E-state index is 13.2.